The van der Waals surface area contributed by atoms with Crippen LogP contribution in [0.1, 0.15) is 17.4 Å². The van der Waals surface area contributed by atoms with Crippen molar-refractivity contribution in [2.75, 3.05) is 18.9 Å². The molecule has 0 spiro atoms. The minimum Gasteiger partial charge on any atom is -0.369 e. The molecule has 0 atom stereocenters. The molecule has 3 rings (SSSR count). The van der Waals surface area contributed by atoms with Crippen molar-refractivity contribution in [3.63, 3.8) is 0 Å². The molecule has 0 aromatic carbocycles. The molecular weight excluding hydrogens is 270 g/mol. The highest BCUT2D eigenvalue weighted by atomic mass is 16.1. The van der Waals surface area contributed by atoms with Crippen LogP contribution in [-0.4, -0.2) is 43.6 Å². The zero-order valence-corrected chi connectivity index (χ0v) is 11.7. The molecule has 0 saturated carbocycles. The third kappa shape index (κ3) is 2.31. The largest absolute Gasteiger partial charge is 0.369 e. The second-order valence-electron chi connectivity index (χ2n) is 4.36. The van der Waals surface area contributed by atoms with Gasteiger partial charge in [-0.2, -0.15) is 5.10 Å². The summed E-state index contributed by atoms with van der Waals surface area (Å²) in [6, 6.07) is 1.64. The van der Waals surface area contributed by atoms with E-state index in [4.69, 9.17) is 0 Å². The van der Waals surface area contributed by atoms with Crippen molar-refractivity contribution in [3.8, 4) is 5.82 Å². The SMILES string of the molecule is CCNc1cn2ccnc2c(-n2ccc(C(=O)NC)n2)n1. The van der Waals surface area contributed by atoms with Gasteiger partial charge in [0.15, 0.2) is 17.2 Å². The Morgan fingerprint density at radius 1 is 1.38 bits per heavy atom. The molecule has 0 saturated heterocycles. The van der Waals surface area contributed by atoms with Crippen LogP contribution < -0.4 is 10.6 Å². The van der Waals surface area contributed by atoms with Gasteiger partial charge in [0.25, 0.3) is 5.91 Å². The number of nitrogens with zero attached hydrogens (tertiary/aromatic N) is 5. The minimum absolute atomic E-state index is 0.240. The molecule has 108 valence electrons. The van der Waals surface area contributed by atoms with Gasteiger partial charge in [-0.1, -0.05) is 0 Å². The summed E-state index contributed by atoms with van der Waals surface area (Å²) < 4.78 is 3.41. The van der Waals surface area contributed by atoms with Crippen molar-refractivity contribution in [1.82, 2.24) is 29.5 Å². The molecule has 3 aromatic rings. The molecule has 21 heavy (non-hydrogen) atoms. The van der Waals surface area contributed by atoms with Gasteiger partial charge in [0, 0.05) is 32.2 Å². The molecule has 0 aliphatic heterocycles. The highest BCUT2D eigenvalue weighted by molar-refractivity contribution is 5.91. The Balaban J connectivity index is 2.12. The first-order valence-corrected chi connectivity index (χ1v) is 6.58. The smallest absolute Gasteiger partial charge is 0.271 e. The fourth-order valence-electron chi connectivity index (χ4n) is 2.03. The Morgan fingerprint density at radius 3 is 3.00 bits per heavy atom. The van der Waals surface area contributed by atoms with E-state index in [-0.39, 0.29) is 5.91 Å². The fourth-order valence-corrected chi connectivity index (χ4v) is 2.03. The lowest BCUT2D eigenvalue weighted by Crippen LogP contribution is -2.18. The van der Waals surface area contributed by atoms with E-state index in [0.717, 1.165) is 12.4 Å². The summed E-state index contributed by atoms with van der Waals surface area (Å²) in [5, 5.41) is 9.95. The zero-order valence-electron chi connectivity index (χ0n) is 11.7. The quantitative estimate of drug-likeness (QED) is 0.737. The van der Waals surface area contributed by atoms with Crippen LogP contribution in [0.15, 0.2) is 30.9 Å². The number of carbonyl (C=O) groups is 1. The highest BCUT2D eigenvalue weighted by Gasteiger charge is 2.13. The minimum atomic E-state index is -0.240. The van der Waals surface area contributed by atoms with Crippen molar-refractivity contribution in [2.24, 2.45) is 0 Å². The average Bonchev–Trinajstić information content (AvgIpc) is 3.14. The highest BCUT2D eigenvalue weighted by Crippen LogP contribution is 2.15. The first kappa shape index (κ1) is 13.1. The number of anilines is 1. The van der Waals surface area contributed by atoms with Crippen LogP contribution >= 0.6 is 0 Å². The molecule has 0 unspecified atom stereocenters. The van der Waals surface area contributed by atoms with Gasteiger partial charge in [0.1, 0.15) is 5.82 Å². The van der Waals surface area contributed by atoms with Crippen LogP contribution in [0.2, 0.25) is 0 Å². The van der Waals surface area contributed by atoms with E-state index in [2.05, 4.69) is 25.7 Å². The van der Waals surface area contributed by atoms with Crippen LogP contribution in [0, 0.1) is 0 Å². The van der Waals surface area contributed by atoms with Gasteiger partial charge >= 0.3 is 0 Å². The Morgan fingerprint density at radius 2 is 2.24 bits per heavy atom. The van der Waals surface area contributed by atoms with Crippen molar-refractivity contribution in [3.05, 3.63) is 36.5 Å². The Labute approximate surface area is 120 Å². The van der Waals surface area contributed by atoms with Crippen molar-refractivity contribution in [2.45, 2.75) is 6.92 Å². The third-order valence-electron chi connectivity index (χ3n) is 2.98. The van der Waals surface area contributed by atoms with E-state index < -0.39 is 0 Å². The number of imidazole rings is 1. The van der Waals surface area contributed by atoms with Crippen LogP contribution in [0.3, 0.4) is 0 Å². The molecule has 8 nitrogen and oxygen atoms in total. The van der Waals surface area contributed by atoms with Crippen LogP contribution in [0.4, 0.5) is 5.82 Å². The first-order chi connectivity index (χ1) is 10.2. The summed E-state index contributed by atoms with van der Waals surface area (Å²) in [5.74, 6) is 1.04. The number of carbonyl (C=O) groups excluding carboxylic acids is 1. The average molecular weight is 285 g/mol. The maximum absolute atomic E-state index is 11.6. The summed E-state index contributed by atoms with van der Waals surface area (Å²) >= 11 is 0. The standard InChI is InChI=1S/C13H15N7O/c1-3-15-10-8-19-7-5-16-11(19)12(17-10)20-6-4-9(18-20)13(21)14-2/h4-8,15H,3H2,1-2H3,(H,14,21). The van der Waals surface area contributed by atoms with Gasteiger partial charge in [-0.05, 0) is 13.0 Å². The van der Waals surface area contributed by atoms with Gasteiger partial charge in [-0.25, -0.2) is 14.6 Å². The molecule has 0 radical (unpaired) electrons. The zero-order chi connectivity index (χ0) is 14.8. The second kappa shape index (κ2) is 5.23. The van der Waals surface area contributed by atoms with Crippen molar-refractivity contribution in [1.29, 1.82) is 0 Å². The lowest BCUT2D eigenvalue weighted by Gasteiger charge is -2.08. The van der Waals surface area contributed by atoms with Gasteiger partial charge in [-0.3, -0.25) is 4.79 Å². The number of nitrogens with one attached hydrogen (secondary N) is 2. The summed E-state index contributed by atoms with van der Waals surface area (Å²) in [7, 11) is 1.57. The molecule has 0 aliphatic rings. The molecule has 0 aliphatic carbocycles. The maximum atomic E-state index is 11.6. The maximum Gasteiger partial charge on any atom is 0.271 e. The second-order valence-corrected chi connectivity index (χ2v) is 4.36. The van der Waals surface area contributed by atoms with Gasteiger partial charge < -0.3 is 15.0 Å². The van der Waals surface area contributed by atoms with E-state index >= 15 is 0 Å². The number of fused-ring (bicyclic) bond motifs is 1. The summed E-state index contributed by atoms with van der Waals surface area (Å²) in [6.07, 6.45) is 7.08. The van der Waals surface area contributed by atoms with Crippen molar-refractivity contribution >= 4 is 17.4 Å². The summed E-state index contributed by atoms with van der Waals surface area (Å²) in [6.45, 7) is 2.76. The molecule has 2 N–H and O–H groups in total. The van der Waals surface area contributed by atoms with Gasteiger partial charge in [0.05, 0.1) is 6.20 Å². The lowest BCUT2D eigenvalue weighted by atomic mass is 10.4. The van der Waals surface area contributed by atoms with E-state index in [9.17, 15) is 4.79 Å². The topological polar surface area (TPSA) is 89.1 Å². The predicted molar refractivity (Wildman–Crippen MR) is 77.7 cm³/mol. The predicted octanol–water partition coefficient (Wildman–Crippen LogP) is 0.706. The van der Waals surface area contributed by atoms with E-state index in [1.54, 1.807) is 30.2 Å². The number of hydrogen-bond acceptors (Lipinski definition) is 5. The van der Waals surface area contributed by atoms with Gasteiger partial charge in [-0.15, -0.1) is 0 Å². The molecule has 3 aromatic heterocycles. The molecule has 0 bridgehead atoms. The first-order valence-electron chi connectivity index (χ1n) is 6.58. The molecular formula is C13H15N7O. The van der Waals surface area contributed by atoms with E-state index in [1.807, 2.05) is 23.7 Å². The normalized spacial score (nSPS) is 10.8. The molecule has 1 amide bonds. The fraction of sp³-hybridized carbons (Fsp3) is 0.231. The number of amides is 1. The summed E-state index contributed by atoms with van der Waals surface area (Å²) in [5.41, 5.74) is 1.00. The Hall–Kier alpha value is -2.90. The Bertz CT molecular complexity index is 789. The molecule has 8 heteroatoms. The molecule has 0 fully saturated rings. The van der Waals surface area contributed by atoms with Crippen LogP contribution in [0.5, 0.6) is 0 Å². The number of aromatic nitrogens is 5. The summed E-state index contributed by atoms with van der Waals surface area (Å²) in [4.78, 5) is 20.4. The van der Waals surface area contributed by atoms with Gasteiger partial charge in [0.2, 0.25) is 0 Å². The lowest BCUT2D eigenvalue weighted by molar-refractivity contribution is 0.0957. The number of hydrogen-bond donors (Lipinski definition) is 2. The van der Waals surface area contributed by atoms with Crippen molar-refractivity contribution < 1.29 is 4.79 Å². The molecule has 3 heterocycles. The van der Waals surface area contributed by atoms with Crippen LogP contribution in [-0.2, 0) is 0 Å². The number of rotatable bonds is 4. The third-order valence-corrected chi connectivity index (χ3v) is 2.98. The Kier molecular flexibility index (Phi) is 3.27. The van der Waals surface area contributed by atoms with E-state index in [0.29, 0.717) is 17.2 Å². The van der Waals surface area contributed by atoms with E-state index in [1.165, 1.54) is 0 Å². The monoisotopic (exact) mass is 285 g/mol. The van der Waals surface area contributed by atoms with Crippen LogP contribution in [0.25, 0.3) is 11.5 Å².